The van der Waals surface area contributed by atoms with Gasteiger partial charge in [0, 0.05) is 75.3 Å². The Kier molecular flexibility index (Phi) is 12.5. The van der Waals surface area contributed by atoms with E-state index in [2.05, 4.69) is 15.2 Å². The van der Waals surface area contributed by atoms with Crippen molar-refractivity contribution in [2.24, 2.45) is 5.92 Å². The van der Waals surface area contributed by atoms with Gasteiger partial charge < -0.3 is 30.2 Å². The number of aliphatic hydroxyl groups is 2. The zero-order chi connectivity index (χ0) is 37.4. The first-order valence-corrected chi connectivity index (χ1v) is 17.8. The Hall–Kier alpha value is -4.76. The molecule has 0 saturated carbocycles. The van der Waals surface area contributed by atoms with E-state index < -0.39 is 48.8 Å². The molecule has 0 bridgehead atoms. The van der Waals surface area contributed by atoms with Crippen molar-refractivity contribution in [3.05, 3.63) is 114 Å². The number of aromatic nitrogens is 2. The summed E-state index contributed by atoms with van der Waals surface area (Å²) in [4.78, 5) is 35.0. The van der Waals surface area contributed by atoms with E-state index in [0.717, 1.165) is 16.8 Å². The van der Waals surface area contributed by atoms with Crippen LogP contribution < -0.4 is 15.4 Å². The number of hydrogen-bond acceptors (Lipinski definition) is 8. The zero-order valence-electron chi connectivity index (χ0n) is 29.2. The molecule has 2 amide bonds. The first-order chi connectivity index (χ1) is 25.5. The van der Waals surface area contributed by atoms with Crippen LogP contribution in [0.25, 0.3) is 5.69 Å². The van der Waals surface area contributed by atoms with Crippen LogP contribution in [0.2, 0.25) is 0 Å². The third-order valence-corrected chi connectivity index (χ3v) is 9.74. The maximum Gasteiger partial charge on any atom is 0.405 e. The number of fused-ring (bicyclic) bond motifs is 1. The van der Waals surface area contributed by atoms with Crippen molar-refractivity contribution in [2.75, 3.05) is 39.3 Å². The fraction of sp³-hybridized carbons (Fsp3) is 0.410. The maximum absolute atomic E-state index is 13.9. The van der Waals surface area contributed by atoms with Gasteiger partial charge in [-0.15, -0.1) is 0 Å². The molecule has 0 aliphatic carbocycles. The number of rotatable bonds is 14. The lowest BCUT2D eigenvalue weighted by atomic mass is 9.90. The van der Waals surface area contributed by atoms with Gasteiger partial charge in [-0.1, -0.05) is 48.5 Å². The molecule has 1 fully saturated rings. The van der Waals surface area contributed by atoms with Crippen molar-refractivity contribution in [2.45, 2.75) is 56.3 Å². The number of pyridine rings is 1. The van der Waals surface area contributed by atoms with Crippen LogP contribution in [-0.4, -0.2) is 105 Å². The van der Waals surface area contributed by atoms with E-state index >= 15 is 0 Å². The number of β-amino-alcohol motifs (C(OH)–C–C–N with tert-alkyl or cyclic N) is 1. The number of carbonyl (C=O) groups excluding carboxylic acids is 2. The number of alkyl halides is 3. The second-order valence-electron chi connectivity index (χ2n) is 13.8. The highest BCUT2D eigenvalue weighted by Gasteiger charge is 2.35. The van der Waals surface area contributed by atoms with E-state index in [0.29, 0.717) is 43.9 Å². The molecule has 4 heterocycles. The normalized spacial score (nSPS) is 20.5. The number of piperazine rings is 1. The lowest BCUT2D eigenvalue weighted by Gasteiger charge is -2.42. The minimum atomic E-state index is -4.54. The summed E-state index contributed by atoms with van der Waals surface area (Å²) in [6.07, 6.45) is 1.10. The molecule has 2 aromatic carbocycles. The molecule has 4 N–H and O–H groups in total. The smallest absolute Gasteiger partial charge is 0.405 e. The molecule has 282 valence electrons. The molecular formula is C39H45F3N6O5. The Morgan fingerprint density at radius 3 is 2.57 bits per heavy atom. The predicted molar refractivity (Wildman–Crippen MR) is 191 cm³/mol. The van der Waals surface area contributed by atoms with Crippen LogP contribution in [0, 0.1) is 5.92 Å². The summed E-state index contributed by atoms with van der Waals surface area (Å²) in [6.45, 7) is 0.718. The number of hydrogen-bond donors (Lipinski definition) is 4. The van der Waals surface area contributed by atoms with Crippen molar-refractivity contribution in [1.29, 1.82) is 0 Å². The van der Waals surface area contributed by atoms with E-state index in [1.165, 1.54) is 0 Å². The van der Waals surface area contributed by atoms with Gasteiger partial charge in [0.1, 0.15) is 25.0 Å². The molecule has 2 aromatic heterocycles. The summed E-state index contributed by atoms with van der Waals surface area (Å²) in [5.41, 5.74) is 3.49. The van der Waals surface area contributed by atoms with Crippen LogP contribution in [0.15, 0.2) is 97.6 Å². The van der Waals surface area contributed by atoms with Gasteiger partial charge in [0.05, 0.1) is 24.0 Å². The van der Waals surface area contributed by atoms with Crippen LogP contribution in [0.1, 0.15) is 35.6 Å². The minimum absolute atomic E-state index is 0.0220. The first kappa shape index (κ1) is 38.0. The van der Waals surface area contributed by atoms with Crippen LogP contribution in [-0.2, 0) is 22.6 Å². The van der Waals surface area contributed by atoms with Crippen molar-refractivity contribution in [3.63, 3.8) is 0 Å². The molecule has 0 radical (unpaired) electrons. The van der Waals surface area contributed by atoms with Gasteiger partial charge in [-0.25, -0.2) is 0 Å². The van der Waals surface area contributed by atoms with Crippen molar-refractivity contribution in [3.8, 4) is 11.4 Å². The average Bonchev–Trinajstić information content (AvgIpc) is 3.61. The highest BCUT2D eigenvalue weighted by molar-refractivity contribution is 5.80. The summed E-state index contributed by atoms with van der Waals surface area (Å²) < 4.78 is 46.4. The Balaban J connectivity index is 1.14. The maximum atomic E-state index is 13.9. The van der Waals surface area contributed by atoms with Crippen molar-refractivity contribution < 1.29 is 37.7 Å². The molecule has 14 heteroatoms. The Bertz CT molecular complexity index is 1790. The van der Waals surface area contributed by atoms with Gasteiger partial charge in [0.25, 0.3) is 0 Å². The summed E-state index contributed by atoms with van der Waals surface area (Å²) in [6, 6.07) is 21.3. The number of carbonyl (C=O) groups is 2. The number of amides is 2. The van der Waals surface area contributed by atoms with E-state index in [4.69, 9.17) is 4.74 Å². The number of aliphatic hydroxyl groups excluding tert-OH is 2. The van der Waals surface area contributed by atoms with Crippen molar-refractivity contribution >= 4 is 11.8 Å². The largest absolute Gasteiger partial charge is 0.490 e. The Morgan fingerprint density at radius 2 is 1.79 bits per heavy atom. The second-order valence-corrected chi connectivity index (χ2v) is 13.8. The fourth-order valence-electron chi connectivity index (χ4n) is 7.13. The van der Waals surface area contributed by atoms with Crippen molar-refractivity contribution in [1.82, 2.24) is 30.0 Å². The zero-order valence-corrected chi connectivity index (χ0v) is 29.2. The van der Waals surface area contributed by atoms with Crippen LogP contribution in [0.3, 0.4) is 0 Å². The van der Waals surface area contributed by atoms with E-state index in [1.807, 2.05) is 87.8 Å². The SMILES string of the molecule is O=C(C[C@@H]1CN(Cc2ccn(-c3cccnc3)c2)CCN1C[C@@H](O)C[C@@H](Cc1ccccc1)C(=O)N[C@H]1c2ccccc2OC[C@H]1O)NCC(F)(F)F. The third-order valence-electron chi connectivity index (χ3n) is 9.74. The van der Waals surface area contributed by atoms with Crippen LogP contribution in [0.5, 0.6) is 5.75 Å². The molecule has 4 aromatic rings. The Labute approximate surface area is 306 Å². The number of para-hydroxylation sites is 1. The quantitative estimate of drug-likeness (QED) is 0.155. The van der Waals surface area contributed by atoms with E-state index in [9.17, 15) is 33.0 Å². The highest BCUT2D eigenvalue weighted by atomic mass is 19.4. The number of ether oxygens (including phenoxy) is 1. The minimum Gasteiger partial charge on any atom is -0.490 e. The molecule has 5 atom stereocenters. The number of benzene rings is 2. The third kappa shape index (κ3) is 10.7. The van der Waals surface area contributed by atoms with Gasteiger partial charge in [-0.05, 0) is 48.2 Å². The van der Waals surface area contributed by atoms with Crippen LogP contribution in [0.4, 0.5) is 13.2 Å². The molecule has 6 rings (SSSR count). The monoisotopic (exact) mass is 734 g/mol. The summed E-state index contributed by atoms with van der Waals surface area (Å²) in [5.74, 6) is -1.15. The van der Waals surface area contributed by atoms with Gasteiger partial charge in [0.15, 0.2) is 0 Å². The predicted octanol–water partition coefficient (Wildman–Crippen LogP) is 3.65. The summed E-state index contributed by atoms with van der Waals surface area (Å²) in [5, 5.41) is 27.3. The number of halogens is 3. The average molecular weight is 735 g/mol. The fourth-order valence-corrected chi connectivity index (χ4v) is 7.13. The van der Waals surface area contributed by atoms with E-state index in [1.54, 1.807) is 24.5 Å². The molecule has 1 saturated heterocycles. The first-order valence-electron chi connectivity index (χ1n) is 17.8. The van der Waals surface area contributed by atoms with Gasteiger partial charge in [0.2, 0.25) is 11.8 Å². The molecule has 0 spiro atoms. The van der Waals surface area contributed by atoms with Gasteiger partial charge >= 0.3 is 6.18 Å². The van der Waals surface area contributed by atoms with Crippen LogP contribution >= 0.6 is 0 Å². The number of nitrogens with one attached hydrogen (secondary N) is 2. The summed E-state index contributed by atoms with van der Waals surface area (Å²) >= 11 is 0. The second kappa shape index (κ2) is 17.4. The molecule has 0 unspecified atom stereocenters. The topological polar surface area (TPSA) is 132 Å². The number of nitrogens with zero attached hydrogens (tertiary/aromatic N) is 4. The summed E-state index contributed by atoms with van der Waals surface area (Å²) in [7, 11) is 0. The van der Waals surface area contributed by atoms with Gasteiger partial charge in [-0.3, -0.25) is 24.4 Å². The van der Waals surface area contributed by atoms with Gasteiger partial charge in [-0.2, -0.15) is 13.2 Å². The molecule has 2 aliphatic heterocycles. The lowest BCUT2D eigenvalue weighted by Crippen LogP contribution is -2.56. The molecule has 2 aliphatic rings. The standard InChI is InChI=1S/C39H45F3N6O5/c40-39(41,42)26-44-36(51)19-31-23-46(21-28-12-14-47(22-28)30-9-6-13-43-20-30)15-16-48(31)24-32(49)18-29(17-27-7-2-1-3-8-27)38(52)45-37-33-10-4-5-11-35(33)53-25-34(37)50/h1-14,20,22,29,31-32,34,37,49-50H,15-19,21,23-26H2,(H,44,51)(H,45,52)/t29-,31-,32+,34-,37+/m1/s1. The lowest BCUT2D eigenvalue weighted by molar-refractivity contribution is -0.139. The Morgan fingerprint density at radius 1 is 1.00 bits per heavy atom. The molecule has 53 heavy (non-hydrogen) atoms. The molecule has 11 nitrogen and oxygen atoms in total. The molecular weight excluding hydrogens is 689 g/mol. The van der Waals surface area contributed by atoms with E-state index in [-0.39, 0.29) is 31.9 Å². The highest BCUT2D eigenvalue weighted by Crippen LogP contribution is 2.32.